The van der Waals surface area contributed by atoms with Gasteiger partial charge in [0.15, 0.2) is 0 Å². The number of allylic oxidation sites excluding steroid dienone is 1. The summed E-state index contributed by atoms with van der Waals surface area (Å²) in [5, 5.41) is 3.65. The molecule has 0 amide bonds. The predicted molar refractivity (Wildman–Crippen MR) is 112 cm³/mol. The van der Waals surface area contributed by atoms with Crippen LogP contribution in [0.4, 0.5) is 0 Å². The third kappa shape index (κ3) is 6.13. The monoisotopic (exact) mass is 361 g/mol. The van der Waals surface area contributed by atoms with E-state index < -0.39 is 0 Å². The number of piperazine rings is 1. The van der Waals surface area contributed by atoms with Crippen LogP contribution in [0.1, 0.15) is 52.4 Å². The van der Waals surface area contributed by atoms with Crippen LogP contribution < -0.4 is 11.1 Å². The van der Waals surface area contributed by atoms with Crippen molar-refractivity contribution in [3.63, 3.8) is 0 Å². The zero-order chi connectivity index (χ0) is 18.8. The van der Waals surface area contributed by atoms with Gasteiger partial charge >= 0.3 is 0 Å². The van der Waals surface area contributed by atoms with Crippen LogP contribution in [0, 0.1) is 5.92 Å². The van der Waals surface area contributed by atoms with Crippen molar-refractivity contribution in [3.05, 3.63) is 23.2 Å². The topological polar surface area (TPSA) is 56.9 Å². The number of hydrogen-bond acceptors (Lipinski definition) is 5. The van der Waals surface area contributed by atoms with E-state index in [0.717, 1.165) is 56.5 Å². The first kappa shape index (κ1) is 21.0. The Labute approximate surface area is 160 Å². The van der Waals surface area contributed by atoms with Crippen molar-refractivity contribution in [2.75, 3.05) is 46.3 Å². The first-order valence-electron chi connectivity index (χ1n) is 10.5. The Bertz CT molecular complexity index is 495. The summed E-state index contributed by atoms with van der Waals surface area (Å²) in [7, 11) is 2.19. The van der Waals surface area contributed by atoms with Gasteiger partial charge in [-0.1, -0.05) is 32.3 Å². The Morgan fingerprint density at radius 3 is 2.42 bits per heavy atom. The Morgan fingerprint density at radius 1 is 1.15 bits per heavy atom. The number of nitrogens with zero attached hydrogens (tertiary/aromatic N) is 3. The van der Waals surface area contributed by atoms with Gasteiger partial charge in [-0.25, -0.2) is 4.99 Å². The number of likely N-dealkylation sites (N-methyl/N-ethyl adjacent to an activating group) is 1. The largest absolute Gasteiger partial charge is 0.369 e. The third-order valence-corrected chi connectivity index (χ3v) is 5.58. The molecule has 5 nitrogen and oxygen atoms in total. The molecule has 5 heteroatoms. The molecule has 148 valence electrons. The fourth-order valence-electron chi connectivity index (χ4n) is 4.00. The van der Waals surface area contributed by atoms with E-state index in [1.54, 1.807) is 0 Å². The minimum atomic E-state index is 0.516. The van der Waals surface area contributed by atoms with Gasteiger partial charge in [0.2, 0.25) is 0 Å². The predicted octanol–water partition coefficient (Wildman–Crippen LogP) is 2.96. The quantitative estimate of drug-likeness (QED) is 0.515. The molecule has 1 heterocycles. The highest BCUT2D eigenvalue weighted by atomic mass is 15.3. The van der Waals surface area contributed by atoms with Crippen LogP contribution in [0.2, 0.25) is 0 Å². The molecule has 2 fully saturated rings. The molecule has 0 bridgehead atoms. The summed E-state index contributed by atoms with van der Waals surface area (Å²) in [6.07, 6.45) is 12.0. The number of hydrogen-bond donors (Lipinski definition) is 2. The lowest BCUT2D eigenvalue weighted by atomic mass is 9.89. The summed E-state index contributed by atoms with van der Waals surface area (Å²) in [5.41, 5.74) is 8.66. The molecule has 1 saturated carbocycles. The molecule has 0 aromatic rings. The van der Waals surface area contributed by atoms with Crippen LogP contribution >= 0.6 is 0 Å². The minimum absolute atomic E-state index is 0.516. The van der Waals surface area contributed by atoms with Crippen LogP contribution in [0.25, 0.3) is 0 Å². The highest BCUT2D eigenvalue weighted by Gasteiger charge is 2.21. The Kier molecular flexibility index (Phi) is 9.19. The van der Waals surface area contributed by atoms with Crippen molar-refractivity contribution in [3.8, 4) is 0 Å². The van der Waals surface area contributed by atoms with Crippen LogP contribution in [0.15, 0.2) is 28.2 Å². The lowest BCUT2D eigenvalue weighted by Gasteiger charge is -2.36. The Balaban J connectivity index is 2.18. The summed E-state index contributed by atoms with van der Waals surface area (Å²) < 4.78 is 0. The van der Waals surface area contributed by atoms with Crippen LogP contribution in [0.3, 0.4) is 0 Å². The summed E-state index contributed by atoms with van der Waals surface area (Å²) in [4.78, 5) is 9.55. The molecule has 0 radical (unpaired) electrons. The first-order valence-corrected chi connectivity index (χ1v) is 10.5. The van der Waals surface area contributed by atoms with Gasteiger partial charge in [-0.15, -0.1) is 0 Å². The van der Waals surface area contributed by atoms with Crippen LogP contribution in [0.5, 0.6) is 0 Å². The molecule has 0 aromatic carbocycles. The Hall–Kier alpha value is -1.33. The smallest absolute Gasteiger partial charge is 0.132 e. The molecule has 26 heavy (non-hydrogen) atoms. The van der Waals surface area contributed by atoms with E-state index in [2.05, 4.69) is 40.2 Å². The van der Waals surface area contributed by atoms with Gasteiger partial charge < -0.3 is 20.9 Å². The number of aliphatic imine (C=N–C) groups is 1. The van der Waals surface area contributed by atoms with E-state index in [1.807, 2.05) is 13.1 Å². The van der Waals surface area contributed by atoms with Crippen molar-refractivity contribution >= 4 is 6.21 Å². The average molecular weight is 362 g/mol. The molecule has 0 unspecified atom stereocenters. The average Bonchev–Trinajstić information content (AvgIpc) is 2.67. The second-order valence-electron chi connectivity index (χ2n) is 7.59. The lowest BCUT2D eigenvalue weighted by molar-refractivity contribution is 0.188. The molecule has 1 aliphatic carbocycles. The summed E-state index contributed by atoms with van der Waals surface area (Å²) in [6, 6.07) is 0. The molecule has 2 rings (SSSR count). The molecule has 2 aliphatic rings. The molecule has 3 N–H and O–H groups in total. The highest BCUT2D eigenvalue weighted by molar-refractivity contribution is 5.56. The zero-order valence-corrected chi connectivity index (χ0v) is 17.1. The standard InChI is InChI=1S/C21H39N5/c1-4-9-20(26-14-12-25(3)13-15-26)19(16-22)21(23-5-2)24-17-18-10-7-6-8-11-18/h5,9,18,24H,4,6-8,10-17,22H2,1-3H3/b20-9-,21-19+,23-5-. The second-order valence-corrected chi connectivity index (χ2v) is 7.59. The van der Waals surface area contributed by atoms with Crippen molar-refractivity contribution in [1.29, 1.82) is 0 Å². The molecule has 0 atom stereocenters. The third-order valence-electron chi connectivity index (χ3n) is 5.58. The van der Waals surface area contributed by atoms with E-state index in [9.17, 15) is 0 Å². The van der Waals surface area contributed by atoms with E-state index in [1.165, 1.54) is 37.8 Å². The Morgan fingerprint density at radius 2 is 1.85 bits per heavy atom. The second kappa shape index (κ2) is 11.4. The van der Waals surface area contributed by atoms with Crippen molar-refractivity contribution in [2.24, 2.45) is 16.6 Å². The van der Waals surface area contributed by atoms with Gasteiger partial charge in [-0.05, 0) is 39.2 Å². The summed E-state index contributed by atoms with van der Waals surface area (Å²) in [6.45, 7) is 10.0. The molecule has 1 saturated heterocycles. The van der Waals surface area contributed by atoms with Crippen LogP contribution in [-0.4, -0.2) is 62.3 Å². The van der Waals surface area contributed by atoms with Gasteiger partial charge in [0.25, 0.3) is 0 Å². The molecule has 1 aliphatic heterocycles. The lowest BCUT2D eigenvalue weighted by Crippen LogP contribution is -2.44. The normalized spacial score (nSPS) is 22.0. The van der Waals surface area contributed by atoms with Crippen molar-refractivity contribution in [1.82, 2.24) is 15.1 Å². The van der Waals surface area contributed by atoms with Gasteiger partial charge in [0.05, 0.1) is 0 Å². The van der Waals surface area contributed by atoms with E-state index in [4.69, 9.17) is 5.73 Å². The van der Waals surface area contributed by atoms with Crippen LogP contribution in [-0.2, 0) is 0 Å². The summed E-state index contributed by atoms with van der Waals surface area (Å²) >= 11 is 0. The molecule has 0 spiro atoms. The fraction of sp³-hybridized carbons (Fsp3) is 0.762. The van der Waals surface area contributed by atoms with Crippen molar-refractivity contribution < 1.29 is 0 Å². The van der Waals surface area contributed by atoms with Gasteiger partial charge in [0, 0.05) is 56.8 Å². The van der Waals surface area contributed by atoms with E-state index in [0.29, 0.717) is 6.54 Å². The fourth-order valence-corrected chi connectivity index (χ4v) is 4.00. The molecule has 0 aromatic heterocycles. The van der Waals surface area contributed by atoms with E-state index in [-0.39, 0.29) is 0 Å². The van der Waals surface area contributed by atoms with E-state index >= 15 is 0 Å². The molecular formula is C21H39N5. The van der Waals surface area contributed by atoms with Gasteiger partial charge in [-0.2, -0.15) is 0 Å². The first-order chi connectivity index (χ1) is 12.7. The highest BCUT2D eigenvalue weighted by Crippen LogP contribution is 2.24. The minimum Gasteiger partial charge on any atom is -0.369 e. The maximum absolute atomic E-state index is 6.23. The maximum atomic E-state index is 6.23. The SMILES string of the molecule is C\C=N/C(NCC1CCCCC1)=C(CN)\C(=C\CC)N1CCN(C)CC1. The summed E-state index contributed by atoms with van der Waals surface area (Å²) in [5.74, 6) is 1.74. The zero-order valence-electron chi connectivity index (χ0n) is 17.1. The van der Waals surface area contributed by atoms with Gasteiger partial charge in [-0.3, -0.25) is 0 Å². The number of nitrogens with two attached hydrogens (primary N) is 1. The van der Waals surface area contributed by atoms with Crippen molar-refractivity contribution in [2.45, 2.75) is 52.4 Å². The number of rotatable bonds is 8. The molecular weight excluding hydrogens is 322 g/mol. The van der Waals surface area contributed by atoms with Gasteiger partial charge in [0.1, 0.15) is 5.82 Å². The maximum Gasteiger partial charge on any atom is 0.132 e. The number of nitrogens with one attached hydrogen (secondary N) is 1.